The predicted molar refractivity (Wildman–Crippen MR) is 83.9 cm³/mol. The smallest absolute Gasteiger partial charge is 0.248 e. The maximum Gasteiger partial charge on any atom is 0.248 e. The molecule has 0 fully saturated rings. The first-order valence-electron chi connectivity index (χ1n) is 6.61. The number of amides is 1. The highest BCUT2D eigenvalue weighted by Gasteiger charge is 1.99. The highest BCUT2D eigenvalue weighted by molar-refractivity contribution is 6.01. The van der Waals surface area contributed by atoms with Crippen molar-refractivity contribution in [2.45, 2.75) is 6.92 Å². The number of benzene rings is 1. The summed E-state index contributed by atoms with van der Waals surface area (Å²) in [6.07, 6.45) is 4.70. The molecule has 0 bridgehead atoms. The van der Waals surface area contributed by atoms with Crippen molar-refractivity contribution in [3.8, 4) is 5.88 Å². The van der Waals surface area contributed by atoms with E-state index in [-0.39, 0.29) is 5.91 Å². The summed E-state index contributed by atoms with van der Waals surface area (Å²) in [5, 5.41) is 2.72. The lowest BCUT2D eigenvalue weighted by molar-refractivity contribution is -0.111. The molecule has 0 aliphatic heterocycles. The second-order valence-corrected chi connectivity index (χ2v) is 4.31. The highest BCUT2D eigenvalue weighted by Crippen LogP contribution is 2.12. The monoisotopic (exact) mass is 283 g/mol. The van der Waals surface area contributed by atoms with Gasteiger partial charge in [0.15, 0.2) is 0 Å². The van der Waals surface area contributed by atoms with Gasteiger partial charge in [-0.2, -0.15) is 0 Å². The number of hydrogen-bond acceptors (Lipinski definition) is 4. The molecule has 0 atom stereocenters. The largest absolute Gasteiger partial charge is 0.478 e. The number of nitrogens with one attached hydrogen (secondary N) is 1. The molecule has 1 heterocycles. The Labute approximate surface area is 123 Å². The fourth-order valence-electron chi connectivity index (χ4n) is 1.71. The second kappa shape index (κ2) is 7.09. The van der Waals surface area contributed by atoms with Crippen LogP contribution in [0.4, 0.5) is 11.4 Å². The van der Waals surface area contributed by atoms with E-state index in [0.717, 1.165) is 5.56 Å². The zero-order chi connectivity index (χ0) is 15.1. The van der Waals surface area contributed by atoms with E-state index in [1.165, 1.54) is 6.08 Å². The first kappa shape index (κ1) is 14.6. The van der Waals surface area contributed by atoms with Crippen LogP contribution < -0.4 is 15.8 Å². The summed E-state index contributed by atoms with van der Waals surface area (Å²) in [4.78, 5) is 15.9. The average molecular weight is 283 g/mol. The fourth-order valence-corrected chi connectivity index (χ4v) is 1.71. The molecule has 5 heteroatoms. The molecule has 21 heavy (non-hydrogen) atoms. The number of nitrogens with two attached hydrogens (primary N) is 1. The van der Waals surface area contributed by atoms with Crippen LogP contribution in [-0.2, 0) is 4.79 Å². The van der Waals surface area contributed by atoms with E-state index in [4.69, 9.17) is 10.5 Å². The molecule has 5 nitrogen and oxygen atoms in total. The molecule has 0 aliphatic carbocycles. The molecule has 0 unspecified atom stereocenters. The van der Waals surface area contributed by atoms with Gasteiger partial charge in [0.25, 0.3) is 0 Å². The summed E-state index contributed by atoms with van der Waals surface area (Å²) in [6.45, 7) is 2.44. The van der Waals surface area contributed by atoms with Crippen LogP contribution in [0.25, 0.3) is 6.08 Å². The number of aromatic nitrogens is 1. The number of anilines is 2. The Hall–Kier alpha value is -2.82. The lowest BCUT2D eigenvalue weighted by Gasteiger charge is -2.04. The molecule has 3 N–H and O–H groups in total. The molecule has 0 saturated carbocycles. The zero-order valence-electron chi connectivity index (χ0n) is 11.7. The van der Waals surface area contributed by atoms with Crippen LogP contribution in [0.2, 0.25) is 0 Å². The molecule has 2 rings (SSSR count). The fraction of sp³-hybridized carbons (Fsp3) is 0.125. The molecule has 108 valence electrons. The number of nitrogen functional groups attached to an aromatic ring is 1. The molecule has 1 amide bonds. The summed E-state index contributed by atoms with van der Waals surface area (Å²) in [6, 6.07) is 10.7. The van der Waals surface area contributed by atoms with E-state index >= 15 is 0 Å². The van der Waals surface area contributed by atoms with Gasteiger partial charge in [-0.15, -0.1) is 0 Å². The minimum absolute atomic E-state index is 0.233. The third kappa shape index (κ3) is 4.65. The van der Waals surface area contributed by atoms with Crippen LogP contribution in [0.1, 0.15) is 12.5 Å². The van der Waals surface area contributed by atoms with E-state index in [2.05, 4.69) is 10.3 Å². The Balaban J connectivity index is 1.95. The standard InChI is InChI=1S/C16H17N3O2/c1-2-21-16-9-7-14(11-18-16)19-15(20)8-6-12-4-3-5-13(17)10-12/h3-11H,2,17H2,1H3,(H,19,20)/b8-6+. The van der Waals surface area contributed by atoms with Crippen LogP contribution in [0, 0.1) is 0 Å². The topological polar surface area (TPSA) is 77.2 Å². The molecule has 0 aliphatic rings. The lowest BCUT2D eigenvalue weighted by atomic mass is 10.2. The van der Waals surface area contributed by atoms with Crippen molar-refractivity contribution in [2.75, 3.05) is 17.7 Å². The van der Waals surface area contributed by atoms with Gasteiger partial charge in [0, 0.05) is 17.8 Å². The number of rotatable bonds is 5. The van der Waals surface area contributed by atoms with Crippen molar-refractivity contribution in [3.63, 3.8) is 0 Å². The van der Waals surface area contributed by atoms with Gasteiger partial charge in [0.2, 0.25) is 11.8 Å². The van der Waals surface area contributed by atoms with Gasteiger partial charge >= 0.3 is 0 Å². The van der Waals surface area contributed by atoms with Crippen molar-refractivity contribution in [1.29, 1.82) is 0 Å². The molecule has 2 aromatic rings. The minimum Gasteiger partial charge on any atom is -0.478 e. The van der Waals surface area contributed by atoms with Crippen LogP contribution >= 0.6 is 0 Å². The third-order valence-electron chi connectivity index (χ3n) is 2.63. The molecule has 0 spiro atoms. The lowest BCUT2D eigenvalue weighted by Crippen LogP contribution is -2.08. The average Bonchev–Trinajstić information content (AvgIpc) is 2.48. The molecule has 1 aromatic carbocycles. The van der Waals surface area contributed by atoms with E-state index in [0.29, 0.717) is 23.9 Å². The molecule has 0 radical (unpaired) electrons. The SMILES string of the molecule is CCOc1ccc(NC(=O)/C=C/c2cccc(N)c2)cn1. The van der Waals surface area contributed by atoms with Gasteiger partial charge in [0.05, 0.1) is 18.5 Å². The van der Waals surface area contributed by atoms with Crippen LogP contribution in [0.15, 0.2) is 48.7 Å². The van der Waals surface area contributed by atoms with E-state index in [9.17, 15) is 4.79 Å². The van der Waals surface area contributed by atoms with Gasteiger partial charge in [-0.1, -0.05) is 12.1 Å². The van der Waals surface area contributed by atoms with Crippen molar-refractivity contribution in [3.05, 3.63) is 54.2 Å². The zero-order valence-corrected chi connectivity index (χ0v) is 11.7. The third-order valence-corrected chi connectivity index (χ3v) is 2.63. The Kier molecular flexibility index (Phi) is 4.93. The van der Waals surface area contributed by atoms with Gasteiger partial charge in [0.1, 0.15) is 0 Å². The highest BCUT2D eigenvalue weighted by atomic mass is 16.5. The molecule has 0 saturated heterocycles. The van der Waals surface area contributed by atoms with Crippen molar-refractivity contribution < 1.29 is 9.53 Å². The first-order valence-corrected chi connectivity index (χ1v) is 6.61. The number of ether oxygens (including phenoxy) is 1. The van der Waals surface area contributed by atoms with Gasteiger partial charge in [-0.25, -0.2) is 4.98 Å². The first-order chi connectivity index (χ1) is 10.2. The van der Waals surface area contributed by atoms with Crippen LogP contribution in [-0.4, -0.2) is 17.5 Å². The van der Waals surface area contributed by atoms with E-state index in [1.807, 2.05) is 19.1 Å². The van der Waals surface area contributed by atoms with Gasteiger partial charge in [-0.05, 0) is 36.8 Å². The van der Waals surface area contributed by atoms with Crippen molar-refractivity contribution in [2.24, 2.45) is 0 Å². The number of pyridine rings is 1. The Bertz CT molecular complexity index is 636. The predicted octanol–water partition coefficient (Wildman–Crippen LogP) is 2.71. The van der Waals surface area contributed by atoms with Gasteiger partial charge in [-0.3, -0.25) is 4.79 Å². The quantitative estimate of drug-likeness (QED) is 0.653. The summed E-state index contributed by atoms with van der Waals surface area (Å²) < 4.78 is 5.23. The second-order valence-electron chi connectivity index (χ2n) is 4.31. The van der Waals surface area contributed by atoms with Crippen molar-refractivity contribution in [1.82, 2.24) is 4.98 Å². The number of nitrogens with zero attached hydrogens (tertiary/aromatic N) is 1. The normalized spacial score (nSPS) is 10.5. The summed E-state index contributed by atoms with van der Waals surface area (Å²) >= 11 is 0. The Morgan fingerprint density at radius 3 is 2.90 bits per heavy atom. The minimum atomic E-state index is -0.233. The summed E-state index contributed by atoms with van der Waals surface area (Å²) in [5.74, 6) is 0.300. The van der Waals surface area contributed by atoms with E-state index < -0.39 is 0 Å². The molecular formula is C16H17N3O2. The molecule has 1 aromatic heterocycles. The maximum atomic E-state index is 11.8. The maximum absolute atomic E-state index is 11.8. The number of hydrogen-bond donors (Lipinski definition) is 2. The van der Waals surface area contributed by atoms with Crippen LogP contribution in [0.5, 0.6) is 5.88 Å². The van der Waals surface area contributed by atoms with E-state index in [1.54, 1.807) is 36.5 Å². The molecular weight excluding hydrogens is 266 g/mol. The summed E-state index contributed by atoms with van der Waals surface area (Å²) in [7, 11) is 0. The number of carbonyl (C=O) groups is 1. The Morgan fingerprint density at radius 2 is 2.24 bits per heavy atom. The number of carbonyl (C=O) groups excluding carboxylic acids is 1. The van der Waals surface area contributed by atoms with Crippen LogP contribution in [0.3, 0.4) is 0 Å². The van der Waals surface area contributed by atoms with Gasteiger partial charge < -0.3 is 15.8 Å². The Morgan fingerprint density at radius 1 is 1.38 bits per heavy atom. The summed E-state index contributed by atoms with van der Waals surface area (Å²) in [5.41, 5.74) is 7.82. The van der Waals surface area contributed by atoms with Crippen molar-refractivity contribution >= 4 is 23.4 Å².